The molecule has 10 nitrogen and oxygen atoms in total. The van der Waals surface area contributed by atoms with E-state index in [-0.39, 0.29) is 23.9 Å². The summed E-state index contributed by atoms with van der Waals surface area (Å²) in [4.78, 5) is 26.3. The third-order valence-corrected chi connectivity index (χ3v) is 6.62. The standard InChI is InChI=1S/C24H33N7O3/c1-5-16-11-29(24(34)15(4)32)7-6-20(16)28-22-19(23(25)33)10-27-31-12-17(8-21(22)31)18-9-26-30(13-18)14(2)3/h8-10,12-16,20,28,32H,5-7,11H2,1-4H3,(H2,25,33)/t15?,16-,20-/m1/s1. The Morgan fingerprint density at radius 3 is 2.59 bits per heavy atom. The lowest BCUT2D eigenvalue weighted by atomic mass is 9.89. The number of aliphatic hydroxyl groups is 1. The van der Waals surface area contributed by atoms with Crippen LogP contribution in [-0.2, 0) is 4.79 Å². The number of aromatic nitrogens is 4. The Bertz CT molecular complexity index is 1200. The molecule has 0 aromatic carbocycles. The second kappa shape index (κ2) is 9.46. The SMILES string of the molecule is CC[C@@H]1CN(C(=O)C(C)O)CC[C@H]1Nc1c(C(N)=O)cnn2cc(-c3cnn(C(C)C)c3)cc12. The van der Waals surface area contributed by atoms with E-state index in [2.05, 4.69) is 36.3 Å². The van der Waals surface area contributed by atoms with Crippen molar-refractivity contribution < 1.29 is 14.7 Å². The van der Waals surface area contributed by atoms with E-state index in [1.165, 1.54) is 13.1 Å². The smallest absolute Gasteiger partial charge is 0.252 e. The normalized spacial score (nSPS) is 19.5. The van der Waals surface area contributed by atoms with Crippen molar-refractivity contribution >= 4 is 23.0 Å². The van der Waals surface area contributed by atoms with E-state index in [1.807, 2.05) is 29.3 Å². The van der Waals surface area contributed by atoms with Crippen LogP contribution in [0.5, 0.6) is 0 Å². The molecule has 0 radical (unpaired) electrons. The highest BCUT2D eigenvalue weighted by Gasteiger charge is 2.32. The molecule has 182 valence electrons. The Kier molecular flexibility index (Phi) is 6.60. The number of anilines is 1. The molecule has 0 aliphatic carbocycles. The van der Waals surface area contributed by atoms with Gasteiger partial charge in [0.1, 0.15) is 6.10 Å². The summed E-state index contributed by atoms with van der Waals surface area (Å²) >= 11 is 0. The molecule has 1 aliphatic rings. The predicted molar refractivity (Wildman–Crippen MR) is 129 cm³/mol. The van der Waals surface area contributed by atoms with Gasteiger partial charge in [0.25, 0.3) is 11.8 Å². The molecular formula is C24H33N7O3. The summed E-state index contributed by atoms with van der Waals surface area (Å²) in [6.07, 6.45) is 7.73. The van der Waals surface area contributed by atoms with Crippen molar-refractivity contribution in [3.8, 4) is 11.1 Å². The van der Waals surface area contributed by atoms with Gasteiger partial charge in [-0.2, -0.15) is 10.2 Å². The Balaban J connectivity index is 1.68. The van der Waals surface area contributed by atoms with Gasteiger partial charge in [0.15, 0.2) is 0 Å². The quantitative estimate of drug-likeness (QED) is 0.489. The number of nitrogens with zero attached hydrogens (tertiary/aromatic N) is 5. The molecule has 3 aromatic rings. The maximum absolute atomic E-state index is 12.3. The maximum Gasteiger partial charge on any atom is 0.252 e. The molecule has 1 aliphatic heterocycles. The van der Waals surface area contributed by atoms with Gasteiger partial charge in [-0.15, -0.1) is 0 Å². The molecule has 3 aromatic heterocycles. The number of nitrogens with two attached hydrogens (primary N) is 1. The summed E-state index contributed by atoms with van der Waals surface area (Å²) in [5, 5.41) is 22.1. The largest absolute Gasteiger partial charge is 0.384 e. The molecule has 0 spiro atoms. The highest BCUT2D eigenvalue weighted by molar-refractivity contribution is 6.02. The Labute approximate surface area is 198 Å². The summed E-state index contributed by atoms with van der Waals surface area (Å²) in [5.41, 5.74) is 9.32. The molecule has 0 saturated carbocycles. The van der Waals surface area contributed by atoms with Gasteiger partial charge >= 0.3 is 0 Å². The van der Waals surface area contributed by atoms with Crippen molar-refractivity contribution in [2.75, 3.05) is 18.4 Å². The van der Waals surface area contributed by atoms with Gasteiger partial charge in [0, 0.05) is 48.7 Å². The number of amides is 2. The number of piperidine rings is 1. The van der Waals surface area contributed by atoms with Crippen molar-refractivity contribution in [2.45, 2.75) is 58.7 Å². The summed E-state index contributed by atoms with van der Waals surface area (Å²) in [5.74, 6) is -0.647. The predicted octanol–water partition coefficient (Wildman–Crippen LogP) is 2.30. The number of hydrogen-bond acceptors (Lipinski definition) is 6. The van der Waals surface area contributed by atoms with Crippen molar-refractivity contribution in [3.63, 3.8) is 0 Å². The van der Waals surface area contributed by atoms with Crippen LogP contribution in [0.2, 0.25) is 0 Å². The fraction of sp³-hybridized carbons (Fsp3) is 0.500. The summed E-state index contributed by atoms with van der Waals surface area (Å²) in [6.45, 7) is 8.79. The molecule has 1 saturated heterocycles. The average Bonchev–Trinajstić information content (AvgIpc) is 3.46. The number of likely N-dealkylation sites (tertiary alicyclic amines) is 1. The van der Waals surface area contributed by atoms with E-state index in [1.54, 1.807) is 9.42 Å². The average molecular weight is 468 g/mol. The van der Waals surface area contributed by atoms with Gasteiger partial charge in [-0.25, -0.2) is 4.52 Å². The number of carbonyl (C=O) groups is 2. The van der Waals surface area contributed by atoms with E-state index in [0.717, 1.165) is 23.1 Å². The van der Waals surface area contributed by atoms with Gasteiger partial charge in [-0.1, -0.05) is 6.92 Å². The zero-order chi connectivity index (χ0) is 24.6. The second-order valence-electron chi connectivity index (χ2n) is 9.33. The molecule has 1 unspecified atom stereocenters. The number of nitrogens with one attached hydrogen (secondary N) is 1. The number of carbonyl (C=O) groups excluding carboxylic acids is 2. The summed E-state index contributed by atoms with van der Waals surface area (Å²) in [6, 6.07) is 2.27. The molecule has 10 heteroatoms. The van der Waals surface area contributed by atoms with Gasteiger partial charge in [-0.05, 0) is 45.6 Å². The van der Waals surface area contributed by atoms with Crippen LogP contribution in [0.3, 0.4) is 0 Å². The Morgan fingerprint density at radius 1 is 1.21 bits per heavy atom. The summed E-state index contributed by atoms with van der Waals surface area (Å²) < 4.78 is 3.64. The van der Waals surface area contributed by atoms with Crippen LogP contribution in [0.25, 0.3) is 16.6 Å². The van der Waals surface area contributed by atoms with E-state index >= 15 is 0 Å². The number of fused-ring (bicyclic) bond motifs is 1. The molecule has 4 rings (SSSR count). The van der Waals surface area contributed by atoms with Crippen LogP contribution in [0.1, 0.15) is 56.9 Å². The fourth-order valence-electron chi connectivity index (χ4n) is 4.61. The van der Waals surface area contributed by atoms with Gasteiger partial charge in [-0.3, -0.25) is 14.3 Å². The molecule has 1 fully saturated rings. The van der Waals surface area contributed by atoms with Crippen molar-refractivity contribution in [2.24, 2.45) is 11.7 Å². The van der Waals surface area contributed by atoms with Gasteiger partial charge < -0.3 is 21.1 Å². The monoisotopic (exact) mass is 467 g/mol. The third-order valence-electron chi connectivity index (χ3n) is 6.62. The lowest BCUT2D eigenvalue weighted by Crippen LogP contribution is -2.50. The minimum absolute atomic E-state index is 0.0365. The van der Waals surface area contributed by atoms with Crippen LogP contribution in [0, 0.1) is 5.92 Å². The van der Waals surface area contributed by atoms with Crippen LogP contribution < -0.4 is 11.1 Å². The van der Waals surface area contributed by atoms with Crippen molar-refractivity contribution in [1.82, 2.24) is 24.3 Å². The van der Waals surface area contributed by atoms with Crippen LogP contribution in [0.4, 0.5) is 5.69 Å². The zero-order valence-electron chi connectivity index (χ0n) is 20.1. The summed E-state index contributed by atoms with van der Waals surface area (Å²) in [7, 11) is 0. The minimum atomic E-state index is -1.01. The second-order valence-corrected chi connectivity index (χ2v) is 9.33. The Hall–Kier alpha value is -3.40. The highest BCUT2D eigenvalue weighted by atomic mass is 16.3. The number of primary amides is 1. The highest BCUT2D eigenvalue weighted by Crippen LogP contribution is 2.32. The van der Waals surface area contributed by atoms with E-state index in [9.17, 15) is 14.7 Å². The van der Waals surface area contributed by atoms with Gasteiger partial charge in [0.05, 0.1) is 29.2 Å². The first kappa shape index (κ1) is 23.7. The lowest BCUT2D eigenvalue weighted by molar-refractivity contribution is -0.141. The number of rotatable bonds is 7. The first-order valence-corrected chi connectivity index (χ1v) is 11.8. The Morgan fingerprint density at radius 2 is 1.97 bits per heavy atom. The van der Waals surface area contributed by atoms with Crippen LogP contribution in [-0.4, -0.2) is 66.5 Å². The number of aliphatic hydroxyl groups excluding tert-OH is 1. The molecule has 0 bridgehead atoms. The van der Waals surface area contributed by atoms with Crippen LogP contribution in [0.15, 0.2) is 30.9 Å². The first-order valence-electron chi connectivity index (χ1n) is 11.8. The third kappa shape index (κ3) is 4.50. The molecule has 4 heterocycles. The van der Waals surface area contributed by atoms with E-state index in [4.69, 9.17) is 5.73 Å². The fourth-order valence-corrected chi connectivity index (χ4v) is 4.61. The number of hydrogen-bond donors (Lipinski definition) is 3. The first-order chi connectivity index (χ1) is 16.2. The van der Waals surface area contributed by atoms with E-state index in [0.29, 0.717) is 30.8 Å². The molecule has 34 heavy (non-hydrogen) atoms. The minimum Gasteiger partial charge on any atom is -0.384 e. The van der Waals surface area contributed by atoms with Crippen molar-refractivity contribution in [3.05, 3.63) is 36.4 Å². The van der Waals surface area contributed by atoms with Crippen LogP contribution >= 0.6 is 0 Å². The molecule has 4 N–H and O–H groups in total. The topological polar surface area (TPSA) is 131 Å². The molecule has 2 amide bonds. The van der Waals surface area contributed by atoms with E-state index < -0.39 is 12.0 Å². The lowest BCUT2D eigenvalue weighted by Gasteiger charge is -2.39. The maximum atomic E-state index is 12.3. The molecule has 3 atom stereocenters. The molecular weight excluding hydrogens is 434 g/mol. The zero-order valence-corrected chi connectivity index (χ0v) is 20.1. The van der Waals surface area contributed by atoms with Crippen molar-refractivity contribution in [1.29, 1.82) is 0 Å². The van der Waals surface area contributed by atoms with Gasteiger partial charge in [0.2, 0.25) is 0 Å².